The van der Waals surface area contributed by atoms with E-state index in [1.807, 2.05) is 22.3 Å². The van der Waals surface area contributed by atoms with Gasteiger partial charge in [-0.2, -0.15) is 5.10 Å². The quantitative estimate of drug-likeness (QED) is 0.700. The highest BCUT2D eigenvalue weighted by Crippen LogP contribution is 2.26. The number of rotatable bonds is 2. The molecule has 0 atom stereocenters. The Labute approximate surface area is 110 Å². The van der Waals surface area contributed by atoms with Crippen LogP contribution in [0.1, 0.15) is 11.1 Å². The first-order chi connectivity index (χ1) is 8.75. The fourth-order valence-electron chi connectivity index (χ4n) is 2.11. The van der Waals surface area contributed by atoms with E-state index in [9.17, 15) is 0 Å². The third-order valence-electron chi connectivity index (χ3n) is 2.94. The van der Waals surface area contributed by atoms with Crippen LogP contribution in [0.25, 0.3) is 16.4 Å². The Morgan fingerprint density at radius 1 is 1.11 bits per heavy atom. The molecule has 0 spiro atoms. The van der Waals surface area contributed by atoms with Crippen molar-refractivity contribution in [3.05, 3.63) is 53.2 Å². The van der Waals surface area contributed by atoms with Crippen LogP contribution in [-0.4, -0.2) is 14.8 Å². The highest BCUT2D eigenvalue weighted by molar-refractivity contribution is 7.12. The van der Waals surface area contributed by atoms with Crippen LogP contribution >= 0.6 is 11.3 Å². The molecular formula is C14H13N3S. The summed E-state index contributed by atoms with van der Waals surface area (Å²) < 4.78 is 1.83. The lowest BCUT2D eigenvalue weighted by Crippen LogP contribution is -1.95. The standard InChI is InChI=1S/C14H13N3S/c1-10-4-3-5-11(2)13(10)12-6-8-17(16-12)14-15-7-9-18-14/h3-9H,1-2H3. The number of nitrogens with zero attached hydrogens (tertiary/aromatic N) is 3. The Balaban J connectivity index is 2.09. The van der Waals surface area contributed by atoms with Crippen LogP contribution in [0.4, 0.5) is 0 Å². The molecule has 4 heteroatoms. The Bertz CT molecular complexity index is 648. The molecule has 0 amide bonds. The van der Waals surface area contributed by atoms with E-state index in [2.05, 4.69) is 42.1 Å². The van der Waals surface area contributed by atoms with Gasteiger partial charge >= 0.3 is 0 Å². The van der Waals surface area contributed by atoms with Crippen LogP contribution < -0.4 is 0 Å². The van der Waals surface area contributed by atoms with Crippen molar-refractivity contribution in [2.45, 2.75) is 13.8 Å². The summed E-state index contributed by atoms with van der Waals surface area (Å²) in [6, 6.07) is 8.35. The van der Waals surface area contributed by atoms with Gasteiger partial charge in [-0.1, -0.05) is 18.2 Å². The van der Waals surface area contributed by atoms with Crippen LogP contribution in [0.3, 0.4) is 0 Å². The molecule has 90 valence electrons. The van der Waals surface area contributed by atoms with Crippen molar-refractivity contribution >= 4 is 11.3 Å². The molecule has 0 aliphatic carbocycles. The average Bonchev–Trinajstić information content (AvgIpc) is 2.99. The predicted octanol–water partition coefficient (Wildman–Crippen LogP) is 3.61. The van der Waals surface area contributed by atoms with Crippen molar-refractivity contribution in [2.75, 3.05) is 0 Å². The van der Waals surface area contributed by atoms with Crippen molar-refractivity contribution in [2.24, 2.45) is 0 Å². The zero-order chi connectivity index (χ0) is 12.5. The molecule has 18 heavy (non-hydrogen) atoms. The maximum Gasteiger partial charge on any atom is 0.210 e. The number of aryl methyl sites for hydroxylation is 2. The smallest absolute Gasteiger partial charge is 0.210 e. The summed E-state index contributed by atoms with van der Waals surface area (Å²) in [5, 5.41) is 7.46. The van der Waals surface area contributed by atoms with Gasteiger partial charge in [0.2, 0.25) is 5.13 Å². The van der Waals surface area contributed by atoms with E-state index in [0.29, 0.717) is 0 Å². The minimum Gasteiger partial charge on any atom is -0.227 e. The summed E-state index contributed by atoms with van der Waals surface area (Å²) >= 11 is 1.58. The SMILES string of the molecule is Cc1cccc(C)c1-c1ccn(-c2nccs2)n1. The largest absolute Gasteiger partial charge is 0.227 e. The van der Waals surface area contributed by atoms with Gasteiger partial charge in [0.15, 0.2) is 0 Å². The topological polar surface area (TPSA) is 30.7 Å². The first-order valence-electron chi connectivity index (χ1n) is 5.78. The normalized spacial score (nSPS) is 10.8. The zero-order valence-electron chi connectivity index (χ0n) is 10.3. The molecule has 2 heterocycles. The molecule has 0 fully saturated rings. The predicted molar refractivity (Wildman–Crippen MR) is 74.1 cm³/mol. The number of benzene rings is 1. The third kappa shape index (κ3) is 1.84. The van der Waals surface area contributed by atoms with E-state index in [0.717, 1.165) is 10.8 Å². The third-order valence-corrected chi connectivity index (χ3v) is 3.70. The molecule has 3 rings (SSSR count). The molecule has 2 aromatic heterocycles. The van der Waals surface area contributed by atoms with Crippen molar-refractivity contribution in [3.63, 3.8) is 0 Å². The van der Waals surface area contributed by atoms with Crippen LogP contribution in [0.15, 0.2) is 42.0 Å². The molecule has 0 saturated heterocycles. The maximum atomic E-state index is 4.61. The van der Waals surface area contributed by atoms with Gasteiger partial charge in [0.25, 0.3) is 0 Å². The van der Waals surface area contributed by atoms with E-state index in [4.69, 9.17) is 0 Å². The molecule has 3 aromatic rings. The van der Waals surface area contributed by atoms with Crippen LogP contribution in [0.2, 0.25) is 0 Å². The summed E-state index contributed by atoms with van der Waals surface area (Å²) in [4.78, 5) is 4.26. The number of hydrogen-bond acceptors (Lipinski definition) is 3. The summed E-state index contributed by atoms with van der Waals surface area (Å²) in [6.45, 7) is 4.23. The number of aromatic nitrogens is 3. The van der Waals surface area contributed by atoms with Gasteiger partial charge in [0.1, 0.15) is 0 Å². The van der Waals surface area contributed by atoms with E-state index < -0.39 is 0 Å². The minimum atomic E-state index is 0.896. The van der Waals surface area contributed by atoms with Gasteiger partial charge in [0.05, 0.1) is 5.69 Å². The Hall–Kier alpha value is -1.94. The maximum absolute atomic E-state index is 4.61. The lowest BCUT2D eigenvalue weighted by molar-refractivity contribution is 0.872. The van der Waals surface area contributed by atoms with Crippen molar-refractivity contribution in [1.82, 2.24) is 14.8 Å². The highest BCUT2D eigenvalue weighted by Gasteiger charge is 2.09. The monoisotopic (exact) mass is 255 g/mol. The fourth-order valence-corrected chi connectivity index (χ4v) is 2.69. The molecule has 0 aliphatic rings. The van der Waals surface area contributed by atoms with Crippen molar-refractivity contribution < 1.29 is 0 Å². The zero-order valence-corrected chi connectivity index (χ0v) is 11.1. The van der Waals surface area contributed by atoms with Gasteiger partial charge in [0, 0.05) is 23.3 Å². The minimum absolute atomic E-state index is 0.896. The van der Waals surface area contributed by atoms with E-state index in [1.165, 1.54) is 16.7 Å². The second-order valence-corrected chi connectivity index (χ2v) is 5.10. The molecule has 3 nitrogen and oxygen atoms in total. The Kier molecular flexibility index (Phi) is 2.72. The van der Waals surface area contributed by atoms with Gasteiger partial charge < -0.3 is 0 Å². The summed E-state index contributed by atoms with van der Waals surface area (Å²) in [5.41, 5.74) is 4.72. The van der Waals surface area contributed by atoms with E-state index >= 15 is 0 Å². The van der Waals surface area contributed by atoms with Crippen LogP contribution in [0, 0.1) is 13.8 Å². The first kappa shape index (κ1) is 11.2. The van der Waals surface area contributed by atoms with Crippen molar-refractivity contribution in [3.8, 4) is 16.4 Å². The van der Waals surface area contributed by atoms with Gasteiger partial charge in [-0.05, 0) is 31.0 Å². The van der Waals surface area contributed by atoms with Crippen LogP contribution in [-0.2, 0) is 0 Å². The second-order valence-electron chi connectivity index (χ2n) is 4.23. The van der Waals surface area contributed by atoms with E-state index in [1.54, 1.807) is 17.5 Å². The molecule has 0 N–H and O–H groups in total. The molecule has 0 aliphatic heterocycles. The van der Waals surface area contributed by atoms with Crippen LogP contribution in [0.5, 0.6) is 0 Å². The van der Waals surface area contributed by atoms with Gasteiger partial charge in [-0.25, -0.2) is 9.67 Å². The molecule has 0 unspecified atom stereocenters. The molecule has 1 aromatic carbocycles. The van der Waals surface area contributed by atoms with Gasteiger partial charge in [-0.15, -0.1) is 11.3 Å². The van der Waals surface area contributed by atoms with Gasteiger partial charge in [-0.3, -0.25) is 0 Å². The average molecular weight is 255 g/mol. The Morgan fingerprint density at radius 3 is 2.56 bits per heavy atom. The fraction of sp³-hybridized carbons (Fsp3) is 0.143. The summed E-state index contributed by atoms with van der Waals surface area (Å²) in [6.07, 6.45) is 3.75. The highest BCUT2D eigenvalue weighted by atomic mass is 32.1. The molecule has 0 saturated carbocycles. The Morgan fingerprint density at radius 2 is 1.89 bits per heavy atom. The van der Waals surface area contributed by atoms with Crippen molar-refractivity contribution in [1.29, 1.82) is 0 Å². The number of hydrogen-bond donors (Lipinski definition) is 0. The first-order valence-corrected chi connectivity index (χ1v) is 6.66. The lowest BCUT2D eigenvalue weighted by atomic mass is 10.0. The summed E-state index contributed by atoms with van der Waals surface area (Å²) in [5.74, 6) is 0. The van der Waals surface area contributed by atoms with E-state index in [-0.39, 0.29) is 0 Å². The number of thiazole rings is 1. The second kappa shape index (κ2) is 4.38. The molecule has 0 radical (unpaired) electrons. The lowest BCUT2D eigenvalue weighted by Gasteiger charge is -2.06. The summed E-state index contributed by atoms with van der Waals surface area (Å²) in [7, 11) is 0. The molecule has 0 bridgehead atoms. The molecular weight excluding hydrogens is 242 g/mol.